The van der Waals surface area contributed by atoms with Gasteiger partial charge in [-0.2, -0.15) is 0 Å². The number of aromatic amines is 1. The Morgan fingerprint density at radius 2 is 1.62 bits per heavy atom. The van der Waals surface area contributed by atoms with Crippen molar-refractivity contribution in [2.75, 3.05) is 17.7 Å². The van der Waals surface area contributed by atoms with Gasteiger partial charge in [0.05, 0.1) is 18.2 Å². The van der Waals surface area contributed by atoms with E-state index in [-0.39, 0.29) is 17.3 Å². The molecule has 2 heterocycles. The second-order valence-electron chi connectivity index (χ2n) is 5.20. The monoisotopic (exact) mass is 353 g/mol. The molecule has 0 saturated heterocycles. The van der Waals surface area contributed by atoms with Gasteiger partial charge in [0, 0.05) is 18.4 Å². The third-order valence-electron chi connectivity index (χ3n) is 3.49. The van der Waals surface area contributed by atoms with E-state index in [1.54, 1.807) is 30.3 Å². The van der Waals surface area contributed by atoms with Crippen LogP contribution in [0.25, 0.3) is 0 Å². The van der Waals surface area contributed by atoms with Gasteiger partial charge in [0.1, 0.15) is 12.0 Å². The molecule has 3 aromatic rings. The Bertz CT molecular complexity index is 928. The number of H-pyrrole nitrogens is 1. The van der Waals surface area contributed by atoms with E-state index in [1.165, 1.54) is 25.9 Å². The van der Waals surface area contributed by atoms with Crippen LogP contribution in [0, 0.1) is 0 Å². The molecule has 9 heteroatoms. The normalized spacial score (nSPS) is 10.2. The molecule has 3 rings (SSSR count). The van der Waals surface area contributed by atoms with E-state index in [0.717, 1.165) is 0 Å². The van der Waals surface area contributed by atoms with Gasteiger partial charge < -0.3 is 25.4 Å². The zero-order valence-electron chi connectivity index (χ0n) is 13.7. The fourth-order valence-electron chi connectivity index (χ4n) is 2.19. The standard InChI is InChI=1S/C17H15N5O4/c1-18-16(24)13-14(20-9-19-13)17(25)22-12-4-2-11(3-5-12)21-15(23)10-6-7-26-8-10/h2-9H,1H3,(H,18,24)(H,19,20)(H,21,23)(H,22,25). The van der Waals surface area contributed by atoms with E-state index in [4.69, 9.17) is 4.42 Å². The Morgan fingerprint density at radius 3 is 2.19 bits per heavy atom. The average Bonchev–Trinajstić information content (AvgIpc) is 3.34. The van der Waals surface area contributed by atoms with Gasteiger partial charge in [0.2, 0.25) is 0 Å². The van der Waals surface area contributed by atoms with Gasteiger partial charge in [0.15, 0.2) is 5.69 Å². The number of nitrogens with one attached hydrogen (secondary N) is 4. The Morgan fingerprint density at radius 1 is 0.962 bits per heavy atom. The van der Waals surface area contributed by atoms with E-state index in [9.17, 15) is 14.4 Å². The molecule has 132 valence electrons. The number of hydrogen-bond donors (Lipinski definition) is 4. The fourth-order valence-corrected chi connectivity index (χ4v) is 2.19. The number of nitrogens with zero attached hydrogens (tertiary/aromatic N) is 1. The predicted molar refractivity (Wildman–Crippen MR) is 93.0 cm³/mol. The maximum absolute atomic E-state index is 12.3. The topological polar surface area (TPSA) is 129 Å². The summed E-state index contributed by atoms with van der Waals surface area (Å²) in [5, 5.41) is 7.77. The summed E-state index contributed by atoms with van der Waals surface area (Å²) in [6.45, 7) is 0. The lowest BCUT2D eigenvalue weighted by Gasteiger charge is -2.07. The maximum Gasteiger partial charge on any atom is 0.274 e. The number of imidazole rings is 1. The summed E-state index contributed by atoms with van der Waals surface area (Å²) in [5.41, 5.74) is 1.52. The smallest absolute Gasteiger partial charge is 0.274 e. The molecule has 0 aliphatic rings. The average molecular weight is 353 g/mol. The van der Waals surface area contributed by atoms with Gasteiger partial charge in [-0.15, -0.1) is 0 Å². The van der Waals surface area contributed by atoms with E-state index in [1.807, 2.05) is 0 Å². The van der Waals surface area contributed by atoms with Crippen LogP contribution in [0.4, 0.5) is 11.4 Å². The lowest BCUT2D eigenvalue weighted by molar-refractivity contribution is 0.0943. The van der Waals surface area contributed by atoms with Gasteiger partial charge in [-0.3, -0.25) is 14.4 Å². The Balaban J connectivity index is 1.66. The highest BCUT2D eigenvalue weighted by atomic mass is 16.3. The second-order valence-corrected chi connectivity index (χ2v) is 5.20. The third kappa shape index (κ3) is 3.61. The minimum Gasteiger partial charge on any atom is -0.472 e. The van der Waals surface area contributed by atoms with Crippen molar-refractivity contribution in [2.24, 2.45) is 0 Å². The molecular weight excluding hydrogens is 338 g/mol. The lowest BCUT2D eigenvalue weighted by Crippen LogP contribution is -2.23. The predicted octanol–water partition coefficient (Wildman–Crippen LogP) is 1.87. The molecule has 0 aliphatic heterocycles. The molecule has 0 radical (unpaired) electrons. The highest BCUT2D eigenvalue weighted by Gasteiger charge is 2.19. The van der Waals surface area contributed by atoms with Crippen molar-refractivity contribution in [1.82, 2.24) is 15.3 Å². The Hall–Kier alpha value is -3.88. The molecule has 2 aromatic heterocycles. The minimum absolute atomic E-state index is 0.00833. The molecule has 0 saturated carbocycles. The molecule has 0 unspecified atom stereocenters. The van der Waals surface area contributed by atoms with E-state index in [0.29, 0.717) is 16.9 Å². The number of anilines is 2. The van der Waals surface area contributed by atoms with Crippen molar-refractivity contribution < 1.29 is 18.8 Å². The van der Waals surface area contributed by atoms with Crippen molar-refractivity contribution in [1.29, 1.82) is 0 Å². The van der Waals surface area contributed by atoms with E-state index < -0.39 is 11.8 Å². The number of carbonyl (C=O) groups is 3. The van der Waals surface area contributed by atoms with Gasteiger partial charge in [0.25, 0.3) is 17.7 Å². The van der Waals surface area contributed by atoms with E-state index in [2.05, 4.69) is 25.9 Å². The Labute approximate surface area is 147 Å². The zero-order chi connectivity index (χ0) is 18.5. The van der Waals surface area contributed by atoms with Crippen LogP contribution in [0.3, 0.4) is 0 Å². The number of furan rings is 1. The SMILES string of the molecule is CNC(=O)c1nc[nH]c1C(=O)Nc1ccc(NC(=O)c2ccoc2)cc1. The number of rotatable bonds is 5. The summed E-state index contributed by atoms with van der Waals surface area (Å²) in [4.78, 5) is 42.4. The molecule has 9 nitrogen and oxygen atoms in total. The molecule has 26 heavy (non-hydrogen) atoms. The van der Waals surface area contributed by atoms with Crippen molar-refractivity contribution >= 4 is 29.1 Å². The molecule has 0 aliphatic carbocycles. The molecule has 0 spiro atoms. The number of hydrogen-bond acceptors (Lipinski definition) is 5. The van der Waals surface area contributed by atoms with Gasteiger partial charge in [-0.1, -0.05) is 0 Å². The van der Waals surface area contributed by atoms with Gasteiger partial charge in [-0.25, -0.2) is 4.98 Å². The maximum atomic E-state index is 12.3. The number of benzene rings is 1. The Kier molecular flexibility index (Phi) is 4.79. The van der Waals surface area contributed by atoms with Crippen LogP contribution in [-0.4, -0.2) is 34.7 Å². The summed E-state index contributed by atoms with van der Waals surface area (Å²) in [5.74, 6) is -1.27. The first-order chi connectivity index (χ1) is 12.6. The number of amides is 3. The summed E-state index contributed by atoms with van der Waals surface area (Å²) in [6.07, 6.45) is 4.03. The molecule has 3 amide bonds. The third-order valence-corrected chi connectivity index (χ3v) is 3.49. The summed E-state index contributed by atoms with van der Waals surface area (Å²) in [6, 6.07) is 8.08. The molecule has 0 bridgehead atoms. The van der Waals surface area contributed by atoms with Crippen LogP contribution in [-0.2, 0) is 0 Å². The first kappa shape index (κ1) is 17.0. The first-order valence-electron chi connectivity index (χ1n) is 7.59. The van der Waals surface area contributed by atoms with E-state index >= 15 is 0 Å². The van der Waals surface area contributed by atoms with Gasteiger partial charge in [-0.05, 0) is 30.3 Å². The molecule has 0 atom stereocenters. The summed E-state index contributed by atoms with van der Waals surface area (Å²) < 4.78 is 4.86. The molecular formula is C17H15N5O4. The summed E-state index contributed by atoms with van der Waals surface area (Å²) in [7, 11) is 1.45. The molecule has 0 fully saturated rings. The molecule has 1 aromatic carbocycles. The van der Waals surface area contributed by atoms with Crippen molar-refractivity contribution in [3.05, 3.63) is 66.1 Å². The van der Waals surface area contributed by atoms with Crippen LogP contribution in [0.15, 0.2) is 53.6 Å². The minimum atomic E-state index is -0.503. The van der Waals surface area contributed by atoms with Crippen molar-refractivity contribution in [2.45, 2.75) is 0 Å². The largest absolute Gasteiger partial charge is 0.472 e. The van der Waals surface area contributed by atoms with Crippen LogP contribution in [0.1, 0.15) is 31.3 Å². The van der Waals surface area contributed by atoms with Crippen molar-refractivity contribution in [3.63, 3.8) is 0 Å². The van der Waals surface area contributed by atoms with Crippen LogP contribution >= 0.6 is 0 Å². The second kappa shape index (κ2) is 7.34. The summed E-state index contributed by atoms with van der Waals surface area (Å²) >= 11 is 0. The van der Waals surface area contributed by atoms with Crippen molar-refractivity contribution in [3.8, 4) is 0 Å². The van der Waals surface area contributed by atoms with Gasteiger partial charge >= 0.3 is 0 Å². The number of carbonyl (C=O) groups excluding carboxylic acids is 3. The van der Waals surface area contributed by atoms with Crippen LogP contribution in [0.5, 0.6) is 0 Å². The highest BCUT2D eigenvalue weighted by Crippen LogP contribution is 2.16. The van der Waals surface area contributed by atoms with Crippen LogP contribution in [0.2, 0.25) is 0 Å². The quantitative estimate of drug-likeness (QED) is 0.556. The molecule has 4 N–H and O–H groups in total. The van der Waals surface area contributed by atoms with Crippen LogP contribution < -0.4 is 16.0 Å². The zero-order valence-corrected chi connectivity index (χ0v) is 13.7. The highest BCUT2D eigenvalue weighted by molar-refractivity contribution is 6.10. The lowest BCUT2D eigenvalue weighted by atomic mass is 10.2. The number of aromatic nitrogens is 2. The first-order valence-corrected chi connectivity index (χ1v) is 7.59. The fraction of sp³-hybridized carbons (Fsp3) is 0.0588.